The standard InChI is InChI=1S/C10H9BrClN5O2/c1-4-7(11)6(3)16(15-4)9-8(17(18)19)5(2)13-10(12)14-9/h1-3H3. The molecule has 0 unspecified atom stereocenters. The largest absolute Gasteiger partial charge is 0.334 e. The van der Waals surface area contributed by atoms with Crippen molar-refractivity contribution in [2.45, 2.75) is 20.8 Å². The van der Waals surface area contributed by atoms with Gasteiger partial charge in [-0.15, -0.1) is 0 Å². The van der Waals surface area contributed by atoms with Gasteiger partial charge < -0.3 is 0 Å². The second kappa shape index (κ2) is 4.86. The van der Waals surface area contributed by atoms with Crippen molar-refractivity contribution >= 4 is 33.2 Å². The number of nitrogens with zero attached hydrogens (tertiary/aromatic N) is 5. The van der Waals surface area contributed by atoms with Gasteiger partial charge in [0.1, 0.15) is 5.69 Å². The summed E-state index contributed by atoms with van der Waals surface area (Å²) in [6, 6.07) is 0. The molecule has 0 saturated carbocycles. The van der Waals surface area contributed by atoms with E-state index in [1.165, 1.54) is 11.6 Å². The van der Waals surface area contributed by atoms with Gasteiger partial charge in [-0.3, -0.25) is 10.1 Å². The summed E-state index contributed by atoms with van der Waals surface area (Å²) in [5.41, 5.74) is 1.40. The molecule has 19 heavy (non-hydrogen) atoms. The fourth-order valence-corrected chi connectivity index (χ4v) is 2.16. The van der Waals surface area contributed by atoms with Crippen molar-refractivity contribution in [1.29, 1.82) is 0 Å². The molecular weight excluding hydrogens is 338 g/mol. The van der Waals surface area contributed by atoms with Gasteiger partial charge >= 0.3 is 5.69 Å². The fraction of sp³-hybridized carbons (Fsp3) is 0.300. The molecule has 0 spiro atoms. The first kappa shape index (κ1) is 13.9. The number of rotatable bonds is 2. The molecule has 0 fully saturated rings. The van der Waals surface area contributed by atoms with Gasteiger partial charge in [0.05, 0.1) is 20.8 Å². The smallest absolute Gasteiger partial charge is 0.258 e. The second-order valence-corrected chi connectivity index (χ2v) is 5.04. The molecule has 2 heterocycles. The highest BCUT2D eigenvalue weighted by molar-refractivity contribution is 9.10. The summed E-state index contributed by atoms with van der Waals surface area (Å²) in [6.45, 7) is 5.07. The van der Waals surface area contributed by atoms with E-state index in [9.17, 15) is 10.1 Å². The summed E-state index contributed by atoms with van der Waals surface area (Å²) in [4.78, 5) is 18.4. The van der Waals surface area contributed by atoms with Gasteiger partial charge in [-0.05, 0) is 48.3 Å². The molecule has 2 rings (SSSR count). The lowest BCUT2D eigenvalue weighted by Gasteiger charge is -2.06. The van der Waals surface area contributed by atoms with E-state index in [-0.39, 0.29) is 22.5 Å². The lowest BCUT2D eigenvalue weighted by atomic mass is 10.3. The van der Waals surface area contributed by atoms with E-state index < -0.39 is 4.92 Å². The molecule has 0 saturated heterocycles. The van der Waals surface area contributed by atoms with Gasteiger partial charge in [0.15, 0.2) is 0 Å². The van der Waals surface area contributed by atoms with Crippen LogP contribution < -0.4 is 0 Å². The molecule has 7 nitrogen and oxygen atoms in total. The predicted molar refractivity (Wildman–Crippen MR) is 72.7 cm³/mol. The number of aromatic nitrogens is 4. The van der Waals surface area contributed by atoms with Gasteiger partial charge in [-0.1, -0.05) is 0 Å². The highest BCUT2D eigenvalue weighted by Gasteiger charge is 2.25. The van der Waals surface area contributed by atoms with Gasteiger partial charge in [0, 0.05) is 0 Å². The number of halogens is 2. The summed E-state index contributed by atoms with van der Waals surface area (Å²) < 4.78 is 2.16. The molecule has 0 aliphatic rings. The van der Waals surface area contributed by atoms with Crippen molar-refractivity contribution in [2.75, 3.05) is 0 Å². The first-order valence-electron chi connectivity index (χ1n) is 5.23. The zero-order valence-corrected chi connectivity index (χ0v) is 12.7. The third kappa shape index (κ3) is 2.33. The van der Waals surface area contributed by atoms with E-state index in [2.05, 4.69) is 31.0 Å². The molecule has 0 radical (unpaired) electrons. The van der Waals surface area contributed by atoms with Gasteiger partial charge in [0.2, 0.25) is 11.1 Å². The summed E-state index contributed by atoms with van der Waals surface area (Å²) >= 11 is 9.14. The molecule has 2 aromatic rings. The molecule has 0 amide bonds. The Morgan fingerprint density at radius 3 is 2.37 bits per heavy atom. The van der Waals surface area contributed by atoms with Gasteiger partial charge in [-0.25, -0.2) is 9.67 Å². The third-order valence-corrected chi connectivity index (χ3v) is 3.92. The maximum atomic E-state index is 11.2. The molecule has 0 atom stereocenters. The van der Waals surface area contributed by atoms with E-state index in [4.69, 9.17) is 11.6 Å². The molecule has 9 heteroatoms. The first-order chi connectivity index (χ1) is 8.82. The van der Waals surface area contributed by atoms with E-state index in [1.54, 1.807) is 13.8 Å². The van der Waals surface area contributed by atoms with E-state index in [0.717, 1.165) is 4.47 Å². The van der Waals surface area contributed by atoms with Crippen molar-refractivity contribution in [3.8, 4) is 5.82 Å². The Morgan fingerprint density at radius 1 is 1.26 bits per heavy atom. The quantitative estimate of drug-likeness (QED) is 0.474. The number of hydrogen-bond donors (Lipinski definition) is 0. The van der Waals surface area contributed by atoms with Crippen molar-refractivity contribution in [1.82, 2.24) is 19.7 Å². The number of aryl methyl sites for hydroxylation is 2. The molecule has 0 bridgehead atoms. The molecule has 0 N–H and O–H groups in total. The maximum absolute atomic E-state index is 11.2. The minimum Gasteiger partial charge on any atom is -0.258 e. The SMILES string of the molecule is Cc1nn(-c2nc(Cl)nc(C)c2[N+](=O)[O-])c(C)c1Br. The van der Waals surface area contributed by atoms with Crippen molar-refractivity contribution in [2.24, 2.45) is 0 Å². The second-order valence-electron chi connectivity index (χ2n) is 3.90. The van der Waals surface area contributed by atoms with Crippen LogP contribution in [0.15, 0.2) is 4.47 Å². The van der Waals surface area contributed by atoms with E-state index >= 15 is 0 Å². The van der Waals surface area contributed by atoms with Gasteiger partial charge in [0.25, 0.3) is 0 Å². The van der Waals surface area contributed by atoms with Gasteiger partial charge in [-0.2, -0.15) is 10.1 Å². The lowest BCUT2D eigenvalue weighted by molar-refractivity contribution is -0.385. The summed E-state index contributed by atoms with van der Waals surface area (Å²) in [6.07, 6.45) is 0. The van der Waals surface area contributed by atoms with Crippen LogP contribution in [0, 0.1) is 30.9 Å². The minimum atomic E-state index is -0.536. The zero-order valence-electron chi connectivity index (χ0n) is 10.3. The summed E-state index contributed by atoms with van der Waals surface area (Å²) in [5, 5.41) is 15.3. The maximum Gasteiger partial charge on any atom is 0.334 e. The highest BCUT2D eigenvalue weighted by Crippen LogP contribution is 2.29. The van der Waals surface area contributed by atoms with Crippen LogP contribution in [-0.2, 0) is 0 Å². The third-order valence-electron chi connectivity index (χ3n) is 2.60. The topological polar surface area (TPSA) is 86.7 Å². The average Bonchev–Trinajstić information content (AvgIpc) is 2.55. The Labute approximate surface area is 121 Å². The van der Waals surface area contributed by atoms with Crippen molar-refractivity contribution in [3.05, 3.63) is 37.0 Å². The van der Waals surface area contributed by atoms with E-state index in [1.807, 2.05) is 0 Å². The summed E-state index contributed by atoms with van der Waals surface area (Å²) in [5.74, 6) is 0.0637. The Kier molecular flexibility index (Phi) is 3.55. The van der Waals surface area contributed by atoms with Crippen LogP contribution in [0.5, 0.6) is 0 Å². The highest BCUT2D eigenvalue weighted by atomic mass is 79.9. The normalized spacial score (nSPS) is 10.8. The predicted octanol–water partition coefficient (Wildman–Crippen LogP) is 2.91. The van der Waals surface area contributed by atoms with Crippen LogP contribution >= 0.6 is 27.5 Å². The fourth-order valence-electron chi connectivity index (χ4n) is 1.71. The Balaban J connectivity index is 2.81. The molecule has 0 aromatic carbocycles. The van der Waals surface area contributed by atoms with Crippen molar-refractivity contribution in [3.63, 3.8) is 0 Å². The van der Waals surface area contributed by atoms with Crippen LogP contribution in [0.2, 0.25) is 5.28 Å². The lowest BCUT2D eigenvalue weighted by Crippen LogP contribution is -2.09. The Bertz CT molecular complexity index is 685. The molecule has 0 aliphatic carbocycles. The van der Waals surface area contributed by atoms with Crippen LogP contribution in [0.4, 0.5) is 5.69 Å². The van der Waals surface area contributed by atoms with Crippen LogP contribution in [-0.4, -0.2) is 24.7 Å². The summed E-state index contributed by atoms with van der Waals surface area (Å²) in [7, 11) is 0. The minimum absolute atomic E-state index is 0.0539. The van der Waals surface area contributed by atoms with Crippen molar-refractivity contribution < 1.29 is 4.92 Å². The molecule has 2 aromatic heterocycles. The van der Waals surface area contributed by atoms with E-state index in [0.29, 0.717) is 11.4 Å². The number of nitro groups is 1. The van der Waals surface area contributed by atoms with Crippen LogP contribution in [0.1, 0.15) is 17.1 Å². The molecule has 100 valence electrons. The van der Waals surface area contributed by atoms with Crippen LogP contribution in [0.3, 0.4) is 0 Å². The molecule has 0 aliphatic heterocycles. The Morgan fingerprint density at radius 2 is 1.89 bits per heavy atom. The van der Waals surface area contributed by atoms with Crippen LogP contribution in [0.25, 0.3) is 5.82 Å². The first-order valence-corrected chi connectivity index (χ1v) is 6.40. The molecular formula is C10H9BrClN5O2. The Hall–Kier alpha value is -1.54. The zero-order chi connectivity index (χ0) is 14.3. The average molecular weight is 347 g/mol. The number of hydrogen-bond acceptors (Lipinski definition) is 5. The monoisotopic (exact) mass is 345 g/mol.